The second-order valence-corrected chi connectivity index (χ2v) is 7.69. The van der Waals surface area contributed by atoms with Crippen molar-refractivity contribution in [2.45, 2.75) is 32.1 Å². The van der Waals surface area contributed by atoms with E-state index in [9.17, 15) is 4.79 Å². The van der Waals surface area contributed by atoms with Crippen molar-refractivity contribution in [3.63, 3.8) is 0 Å². The lowest BCUT2D eigenvalue weighted by molar-refractivity contribution is 0.0787. The van der Waals surface area contributed by atoms with E-state index in [1.165, 1.54) is 11.3 Å². The van der Waals surface area contributed by atoms with Crippen LogP contribution in [0, 0.1) is 0 Å². The molecule has 1 amide bonds. The molecule has 0 saturated heterocycles. The molecule has 2 aromatic heterocycles. The molecule has 28 heavy (non-hydrogen) atoms. The van der Waals surface area contributed by atoms with Crippen molar-refractivity contribution in [3.8, 4) is 11.3 Å². The van der Waals surface area contributed by atoms with Crippen LogP contribution in [0.1, 0.15) is 40.5 Å². The minimum absolute atomic E-state index is 0.0257. The molecule has 0 fully saturated rings. The van der Waals surface area contributed by atoms with Gasteiger partial charge in [0.25, 0.3) is 5.91 Å². The second-order valence-electron chi connectivity index (χ2n) is 6.75. The number of rotatable bonds is 10. The number of nitrogens with two attached hydrogens (primary N) is 1. The molecule has 0 spiro atoms. The molecular formula is C21H26N4O2S. The van der Waals surface area contributed by atoms with Crippen LogP contribution in [0.2, 0.25) is 0 Å². The van der Waals surface area contributed by atoms with Gasteiger partial charge in [-0.1, -0.05) is 41.9 Å². The Balaban J connectivity index is 1.37. The van der Waals surface area contributed by atoms with Crippen molar-refractivity contribution in [1.82, 2.24) is 15.0 Å². The molecule has 0 radical (unpaired) electrons. The summed E-state index contributed by atoms with van der Waals surface area (Å²) in [4.78, 5) is 18.5. The lowest BCUT2D eigenvalue weighted by Crippen LogP contribution is -2.28. The molecule has 7 heteroatoms. The molecule has 0 unspecified atom stereocenters. The van der Waals surface area contributed by atoms with Gasteiger partial charge in [0.1, 0.15) is 17.1 Å². The Morgan fingerprint density at radius 3 is 2.79 bits per heavy atom. The summed E-state index contributed by atoms with van der Waals surface area (Å²) in [6.07, 6.45) is 4.54. The zero-order valence-corrected chi connectivity index (χ0v) is 17.0. The summed E-state index contributed by atoms with van der Waals surface area (Å²) in [6, 6.07) is 12.0. The zero-order valence-electron chi connectivity index (χ0n) is 16.1. The SMILES string of the molecule is CN(CCCCCc1cc(-c2ccccc2)no1)C(=O)c1csc(CCN)n1. The van der Waals surface area contributed by atoms with E-state index in [0.717, 1.165) is 54.1 Å². The number of benzene rings is 1. The smallest absolute Gasteiger partial charge is 0.273 e. The Kier molecular flexibility index (Phi) is 7.33. The summed E-state index contributed by atoms with van der Waals surface area (Å²) < 4.78 is 5.43. The first-order valence-corrected chi connectivity index (χ1v) is 10.5. The molecule has 6 nitrogen and oxygen atoms in total. The summed E-state index contributed by atoms with van der Waals surface area (Å²) in [5.74, 6) is 0.875. The maximum absolute atomic E-state index is 12.4. The van der Waals surface area contributed by atoms with Gasteiger partial charge >= 0.3 is 0 Å². The van der Waals surface area contributed by atoms with Crippen LogP contribution in [0.15, 0.2) is 46.3 Å². The van der Waals surface area contributed by atoms with E-state index in [1.54, 1.807) is 4.90 Å². The zero-order chi connectivity index (χ0) is 19.8. The fourth-order valence-electron chi connectivity index (χ4n) is 2.95. The van der Waals surface area contributed by atoms with E-state index in [1.807, 2.05) is 48.8 Å². The van der Waals surface area contributed by atoms with Gasteiger partial charge in [-0.15, -0.1) is 11.3 Å². The maximum atomic E-state index is 12.4. The summed E-state index contributed by atoms with van der Waals surface area (Å²) in [5.41, 5.74) is 7.99. The predicted octanol–water partition coefficient (Wildman–Crippen LogP) is 3.78. The molecule has 3 aromatic rings. The van der Waals surface area contributed by atoms with E-state index < -0.39 is 0 Å². The Morgan fingerprint density at radius 2 is 2.00 bits per heavy atom. The van der Waals surface area contributed by atoms with Crippen LogP contribution in [0.3, 0.4) is 0 Å². The molecule has 1 aromatic carbocycles. The van der Waals surface area contributed by atoms with Crippen LogP contribution in [0.25, 0.3) is 11.3 Å². The monoisotopic (exact) mass is 398 g/mol. The fraction of sp³-hybridized carbons (Fsp3) is 0.381. The number of aryl methyl sites for hydroxylation is 1. The third-order valence-electron chi connectivity index (χ3n) is 4.52. The van der Waals surface area contributed by atoms with E-state index in [4.69, 9.17) is 10.3 Å². The number of nitrogens with zero attached hydrogens (tertiary/aromatic N) is 3. The summed E-state index contributed by atoms with van der Waals surface area (Å²) >= 11 is 1.49. The van der Waals surface area contributed by atoms with E-state index >= 15 is 0 Å². The van der Waals surface area contributed by atoms with Gasteiger partial charge in [-0.3, -0.25) is 4.79 Å². The van der Waals surface area contributed by atoms with Gasteiger partial charge in [0, 0.05) is 43.4 Å². The molecule has 0 saturated carbocycles. The third kappa shape index (κ3) is 5.50. The van der Waals surface area contributed by atoms with Crippen molar-refractivity contribution < 1.29 is 9.32 Å². The van der Waals surface area contributed by atoms with Crippen LogP contribution >= 0.6 is 11.3 Å². The van der Waals surface area contributed by atoms with Gasteiger partial charge in [-0.2, -0.15) is 0 Å². The highest BCUT2D eigenvalue weighted by molar-refractivity contribution is 7.09. The van der Waals surface area contributed by atoms with Gasteiger partial charge in [-0.25, -0.2) is 4.98 Å². The average Bonchev–Trinajstić information content (AvgIpc) is 3.38. The second kappa shape index (κ2) is 10.1. The number of amides is 1. The summed E-state index contributed by atoms with van der Waals surface area (Å²) in [7, 11) is 1.83. The van der Waals surface area contributed by atoms with E-state index in [0.29, 0.717) is 18.8 Å². The number of unbranched alkanes of at least 4 members (excludes halogenated alkanes) is 2. The number of aromatic nitrogens is 2. The number of carbonyl (C=O) groups excluding carboxylic acids is 1. The maximum Gasteiger partial charge on any atom is 0.273 e. The van der Waals surface area contributed by atoms with Gasteiger partial charge in [0.2, 0.25) is 0 Å². The van der Waals surface area contributed by atoms with Crippen molar-refractivity contribution in [2.75, 3.05) is 20.1 Å². The molecule has 2 N–H and O–H groups in total. The molecule has 148 valence electrons. The Bertz CT molecular complexity index is 875. The largest absolute Gasteiger partial charge is 0.361 e. The number of carbonyl (C=O) groups is 1. The Labute approximate surface area is 169 Å². The molecular weight excluding hydrogens is 372 g/mol. The molecule has 0 atom stereocenters. The molecule has 0 aliphatic carbocycles. The first kappa shape index (κ1) is 20.2. The first-order valence-electron chi connectivity index (χ1n) is 9.58. The van der Waals surface area contributed by atoms with Gasteiger partial charge in [0.15, 0.2) is 0 Å². The highest BCUT2D eigenvalue weighted by Gasteiger charge is 2.15. The summed E-state index contributed by atoms with van der Waals surface area (Å²) in [5, 5.41) is 6.88. The molecule has 0 aliphatic heterocycles. The van der Waals surface area contributed by atoms with Gasteiger partial charge in [-0.05, 0) is 19.4 Å². The van der Waals surface area contributed by atoms with Crippen LogP contribution in [-0.2, 0) is 12.8 Å². The van der Waals surface area contributed by atoms with Gasteiger partial charge < -0.3 is 15.2 Å². The van der Waals surface area contributed by atoms with Crippen molar-refractivity contribution in [2.24, 2.45) is 5.73 Å². The normalized spacial score (nSPS) is 10.9. The predicted molar refractivity (Wildman–Crippen MR) is 111 cm³/mol. The highest BCUT2D eigenvalue weighted by Crippen LogP contribution is 2.19. The summed E-state index contributed by atoms with van der Waals surface area (Å²) in [6.45, 7) is 1.27. The quantitative estimate of drug-likeness (QED) is 0.525. The number of thiazole rings is 1. The Morgan fingerprint density at radius 1 is 1.18 bits per heavy atom. The van der Waals surface area contributed by atoms with Crippen molar-refractivity contribution in [3.05, 3.63) is 58.2 Å². The highest BCUT2D eigenvalue weighted by atomic mass is 32.1. The van der Waals surface area contributed by atoms with Crippen LogP contribution in [0.4, 0.5) is 0 Å². The molecule has 0 aliphatic rings. The van der Waals surface area contributed by atoms with E-state index in [2.05, 4.69) is 10.1 Å². The van der Waals surface area contributed by atoms with Crippen molar-refractivity contribution in [1.29, 1.82) is 0 Å². The lowest BCUT2D eigenvalue weighted by Gasteiger charge is -2.15. The third-order valence-corrected chi connectivity index (χ3v) is 5.43. The molecule has 2 heterocycles. The first-order chi connectivity index (χ1) is 13.7. The van der Waals surface area contributed by atoms with Crippen LogP contribution < -0.4 is 5.73 Å². The van der Waals surface area contributed by atoms with E-state index in [-0.39, 0.29) is 5.91 Å². The number of hydrogen-bond acceptors (Lipinski definition) is 6. The molecule has 3 rings (SSSR count). The number of hydrogen-bond donors (Lipinski definition) is 1. The fourth-order valence-corrected chi connectivity index (χ4v) is 3.73. The average molecular weight is 399 g/mol. The molecule has 0 bridgehead atoms. The topological polar surface area (TPSA) is 85.2 Å². The minimum Gasteiger partial charge on any atom is -0.361 e. The Hall–Kier alpha value is -2.51. The van der Waals surface area contributed by atoms with Crippen LogP contribution in [0.5, 0.6) is 0 Å². The van der Waals surface area contributed by atoms with Crippen molar-refractivity contribution >= 4 is 17.2 Å². The van der Waals surface area contributed by atoms with Crippen LogP contribution in [-0.4, -0.2) is 41.1 Å². The lowest BCUT2D eigenvalue weighted by atomic mass is 10.1. The minimum atomic E-state index is -0.0257. The standard InChI is InChI=1S/C21H26N4O2S/c1-25(21(26)19-15-28-20(23-19)11-12-22)13-7-3-6-10-17-14-18(24-27-17)16-8-4-2-5-9-16/h2,4-5,8-9,14-15H,3,6-7,10-13,22H2,1H3. The van der Waals surface area contributed by atoms with Gasteiger partial charge in [0.05, 0.1) is 5.01 Å².